The van der Waals surface area contributed by atoms with Crippen LogP contribution in [0.3, 0.4) is 0 Å². The van der Waals surface area contributed by atoms with Gasteiger partial charge < -0.3 is 10.3 Å². The normalized spacial score (nSPS) is 13.3. The minimum atomic E-state index is -3.59. The van der Waals surface area contributed by atoms with Gasteiger partial charge in [-0.15, -0.1) is 0 Å². The van der Waals surface area contributed by atoms with Crippen LogP contribution in [0.2, 0.25) is 0 Å². The van der Waals surface area contributed by atoms with E-state index in [1.165, 1.54) is 0 Å². The zero-order valence-electron chi connectivity index (χ0n) is 11.4. The van der Waals surface area contributed by atoms with Crippen LogP contribution in [0.1, 0.15) is 24.4 Å². The second-order valence-corrected chi connectivity index (χ2v) is 6.14. The summed E-state index contributed by atoms with van der Waals surface area (Å²) >= 11 is 0. The van der Waals surface area contributed by atoms with E-state index in [1.54, 1.807) is 44.6 Å². The molecule has 2 rings (SSSR count). The third kappa shape index (κ3) is 3.24. The average molecular weight is 294 g/mol. The first-order valence-corrected chi connectivity index (χ1v) is 7.77. The van der Waals surface area contributed by atoms with E-state index in [4.69, 9.17) is 0 Å². The molecule has 6 nitrogen and oxygen atoms in total. The highest BCUT2D eigenvalue weighted by Crippen LogP contribution is 2.18. The van der Waals surface area contributed by atoms with Gasteiger partial charge in [0, 0.05) is 18.9 Å². The molecule has 1 heterocycles. The summed E-state index contributed by atoms with van der Waals surface area (Å²) in [5.41, 5.74) is 0.731. The van der Waals surface area contributed by atoms with Crippen molar-refractivity contribution in [1.82, 2.24) is 20.0 Å². The fourth-order valence-electron chi connectivity index (χ4n) is 1.97. The summed E-state index contributed by atoms with van der Waals surface area (Å²) in [5.74, 6) is 0.583. The summed E-state index contributed by atoms with van der Waals surface area (Å²) in [5, 5.41) is 2.97. The van der Waals surface area contributed by atoms with Gasteiger partial charge in [-0.05, 0) is 25.6 Å². The monoisotopic (exact) mass is 294 g/mol. The van der Waals surface area contributed by atoms with Crippen LogP contribution in [0.15, 0.2) is 41.6 Å². The Morgan fingerprint density at radius 2 is 2.10 bits per heavy atom. The molecule has 0 spiro atoms. The Morgan fingerprint density at radius 1 is 1.35 bits per heavy atom. The van der Waals surface area contributed by atoms with Gasteiger partial charge in [-0.25, -0.2) is 18.1 Å². The molecule has 0 aliphatic heterocycles. The van der Waals surface area contributed by atoms with Crippen LogP contribution in [-0.4, -0.2) is 25.4 Å². The van der Waals surface area contributed by atoms with E-state index < -0.39 is 16.1 Å². The second kappa shape index (κ2) is 6.17. The quantitative estimate of drug-likeness (QED) is 0.746. The molecule has 0 fully saturated rings. The molecule has 0 aliphatic carbocycles. The van der Waals surface area contributed by atoms with Crippen LogP contribution in [0.4, 0.5) is 0 Å². The Labute approximate surface area is 118 Å². The molecule has 0 aliphatic rings. The minimum absolute atomic E-state index is 0.285. The Hall–Kier alpha value is -1.70. The van der Waals surface area contributed by atoms with E-state index in [0.29, 0.717) is 12.4 Å². The molecule has 0 radical (unpaired) electrons. The van der Waals surface area contributed by atoms with Crippen molar-refractivity contribution in [1.29, 1.82) is 0 Å². The predicted molar refractivity (Wildman–Crippen MR) is 76.5 cm³/mol. The molecule has 1 aromatic carbocycles. The van der Waals surface area contributed by atoms with Crippen LogP contribution in [0.5, 0.6) is 0 Å². The second-order valence-electron chi connectivity index (χ2n) is 4.46. The molecule has 0 saturated heterocycles. The largest absolute Gasteiger partial charge is 0.347 e. The number of H-pyrrole nitrogens is 1. The zero-order chi connectivity index (χ0) is 14.6. The predicted octanol–water partition coefficient (Wildman–Crippen LogP) is 1.17. The fourth-order valence-corrected chi connectivity index (χ4v) is 3.42. The molecule has 1 unspecified atom stereocenters. The Bertz CT molecular complexity index is 653. The Balaban J connectivity index is 2.27. The van der Waals surface area contributed by atoms with Crippen molar-refractivity contribution in [2.45, 2.75) is 24.4 Å². The first-order valence-electron chi connectivity index (χ1n) is 6.28. The number of imidazole rings is 1. The molecule has 0 amide bonds. The van der Waals surface area contributed by atoms with Crippen LogP contribution in [0.25, 0.3) is 0 Å². The zero-order valence-corrected chi connectivity index (χ0v) is 12.2. The SMILES string of the molecule is CNCc1ccccc1S(=O)(=O)NC(C)c1ncc[nH]1. The highest BCUT2D eigenvalue weighted by molar-refractivity contribution is 7.89. The molecule has 20 heavy (non-hydrogen) atoms. The van der Waals surface area contributed by atoms with Gasteiger partial charge in [-0.3, -0.25) is 0 Å². The van der Waals surface area contributed by atoms with Crippen molar-refractivity contribution in [3.8, 4) is 0 Å². The number of hydrogen-bond acceptors (Lipinski definition) is 4. The van der Waals surface area contributed by atoms with Crippen LogP contribution in [0, 0.1) is 0 Å². The summed E-state index contributed by atoms with van der Waals surface area (Å²) in [6.07, 6.45) is 3.25. The molecule has 1 atom stereocenters. The average Bonchev–Trinajstić information content (AvgIpc) is 2.93. The number of benzene rings is 1. The van der Waals surface area contributed by atoms with Crippen LogP contribution >= 0.6 is 0 Å². The van der Waals surface area contributed by atoms with Crippen LogP contribution in [-0.2, 0) is 16.6 Å². The maximum absolute atomic E-state index is 12.5. The molecular formula is C13H18N4O2S. The first-order chi connectivity index (χ1) is 9.54. The summed E-state index contributed by atoms with van der Waals surface area (Å²) < 4.78 is 27.5. The van der Waals surface area contributed by atoms with E-state index in [9.17, 15) is 8.42 Å². The van der Waals surface area contributed by atoms with Crippen molar-refractivity contribution in [3.63, 3.8) is 0 Å². The maximum atomic E-state index is 12.5. The summed E-state index contributed by atoms with van der Waals surface area (Å²) in [6, 6.07) is 6.51. The van der Waals surface area contributed by atoms with Gasteiger partial charge in [0.1, 0.15) is 5.82 Å². The summed E-state index contributed by atoms with van der Waals surface area (Å²) in [7, 11) is -1.81. The smallest absolute Gasteiger partial charge is 0.241 e. The van der Waals surface area contributed by atoms with E-state index in [2.05, 4.69) is 20.0 Å². The van der Waals surface area contributed by atoms with E-state index >= 15 is 0 Å². The van der Waals surface area contributed by atoms with Crippen molar-refractivity contribution < 1.29 is 8.42 Å². The lowest BCUT2D eigenvalue weighted by molar-refractivity contribution is 0.559. The number of hydrogen-bond donors (Lipinski definition) is 3. The summed E-state index contributed by atoms with van der Waals surface area (Å²) in [6.45, 7) is 2.24. The van der Waals surface area contributed by atoms with Gasteiger partial charge in [0.25, 0.3) is 0 Å². The van der Waals surface area contributed by atoms with E-state index in [0.717, 1.165) is 5.56 Å². The van der Waals surface area contributed by atoms with E-state index in [1.807, 2.05) is 6.07 Å². The lowest BCUT2D eigenvalue weighted by atomic mass is 10.2. The maximum Gasteiger partial charge on any atom is 0.241 e. The highest BCUT2D eigenvalue weighted by atomic mass is 32.2. The lowest BCUT2D eigenvalue weighted by Crippen LogP contribution is -2.28. The van der Waals surface area contributed by atoms with E-state index in [-0.39, 0.29) is 4.90 Å². The molecule has 7 heteroatoms. The van der Waals surface area contributed by atoms with Gasteiger partial charge in [-0.2, -0.15) is 0 Å². The van der Waals surface area contributed by atoms with Crippen LogP contribution < -0.4 is 10.0 Å². The van der Waals surface area contributed by atoms with Gasteiger partial charge in [0.05, 0.1) is 10.9 Å². The Kier molecular flexibility index (Phi) is 4.53. The minimum Gasteiger partial charge on any atom is -0.347 e. The lowest BCUT2D eigenvalue weighted by Gasteiger charge is -2.14. The number of rotatable bonds is 6. The standard InChI is InChI=1S/C13H18N4O2S/c1-10(13-15-7-8-16-13)17-20(18,19)12-6-4-3-5-11(12)9-14-2/h3-8,10,14,17H,9H2,1-2H3,(H,15,16). The fraction of sp³-hybridized carbons (Fsp3) is 0.308. The molecule has 2 aromatic rings. The molecular weight excluding hydrogens is 276 g/mol. The van der Waals surface area contributed by atoms with Gasteiger partial charge in [-0.1, -0.05) is 18.2 Å². The molecule has 0 bridgehead atoms. The third-order valence-electron chi connectivity index (χ3n) is 2.89. The highest BCUT2D eigenvalue weighted by Gasteiger charge is 2.21. The number of aromatic nitrogens is 2. The van der Waals surface area contributed by atoms with Gasteiger partial charge in [0.15, 0.2) is 0 Å². The Morgan fingerprint density at radius 3 is 2.75 bits per heavy atom. The first kappa shape index (κ1) is 14.7. The van der Waals surface area contributed by atoms with Gasteiger partial charge in [0.2, 0.25) is 10.0 Å². The van der Waals surface area contributed by atoms with Crippen molar-refractivity contribution in [2.75, 3.05) is 7.05 Å². The third-order valence-corrected chi connectivity index (χ3v) is 4.53. The number of nitrogens with zero attached hydrogens (tertiary/aromatic N) is 1. The van der Waals surface area contributed by atoms with Crippen molar-refractivity contribution in [2.24, 2.45) is 0 Å². The molecule has 0 saturated carbocycles. The number of sulfonamides is 1. The molecule has 108 valence electrons. The van der Waals surface area contributed by atoms with Gasteiger partial charge >= 0.3 is 0 Å². The topological polar surface area (TPSA) is 86.9 Å². The summed E-state index contributed by atoms with van der Waals surface area (Å²) in [4.78, 5) is 7.24. The number of aromatic amines is 1. The molecule has 1 aromatic heterocycles. The molecule has 3 N–H and O–H groups in total. The van der Waals surface area contributed by atoms with Crippen molar-refractivity contribution in [3.05, 3.63) is 48.0 Å². The number of nitrogens with one attached hydrogen (secondary N) is 3. The van der Waals surface area contributed by atoms with Crippen molar-refractivity contribution >= 4 is 10.0 Å².